The molecule has 3 N–H and O–H groups in total. The first-order valence-electron chi connectivity index (χ1n) is 4.84. The molecular formula is C11H15NO3. The summed E-state index contributed by atoms with van der Waals surface area (Å²) in [6, 6.07) is 4.86. The topological polar surface area (TPSA) is 69.6 Å². The van der Waals surface area contributed by atoms with Gasteiger partial charge in [-0.3, -0.25) is 4.79 Å². The van der Waals surface area contributed by atoms with Gasteiger partial charge in [0.2, 0.25) is 0 Å². The predicted octanol–water partition coefficient (Wildman–Crippen LogP) is 0.813. The molecule has 0 aliphatic rings. The smallest absolute Gasteiger partial charge is 0.255 e. The van der Waals surface area contributed by atoms with Crippen molar-refractivity contribution in [2.24, 2.45) is 0 Å². The summed E-state index contributed by atoms with van der Waals surface area (Å²) in [5.41, 5.74) is 1.19. The molecule has 0 bridgehead atoms. The minimum absolute atomic E-state index is 0.0258. The lowest BCUT2D eigenvalue weighted by atomic mass is 10.1. The lowest BCUT2D eigenvalue weighted by Gasteiger charge is -2.06. The number of carbonyl (C=O) groups excluding carboxylic acids is 1. The molecule has 0 radical (unpaired) electrons. The number of benzene rings is 1. The number of phenolic OH excluding ortho intramolecular Hbond substituents is 1. The summed E-state index contributed by atoms with van der Waals surface area (Å²) in [7, 11) is 0. The third kappa shape index (κ3) is 3.25. The van der Waals surface area contributed by atoms with Gasteiger partial charge in [0.25, 0.3) is 5.91 Å². The summed E-state index contributed by atoms with van der Waals surface area (Å²) in [4.78, 5) is 11.5. The number of phenols is 1. The van der Waals surface area contributed by atoms with Crippen LogP contribution in [0.25, 0.3) is 0 Å². The van der Waals surface area contributed by atoms with E-state index in [-0.39, 0.29) is 23.8 Å². The van der Waals surface area contributed by atoms with Crippen LogP contribution in [-0.4, -0.2) is 29.3 Å². The highest BCUT2D eigenvalue weighted by Crippen LogP contribution is 2.17. The van der Waals surface area contributed by atoms with Gasteiger partial charge >= 0.3 is 0 Å². The fourth-order valence-electron chi connectivity index (χ4n) is 1.21. The highest BCUT2D eigenvalue weighted by molar-refractivity contribution is 5.96. The van der Waals surface area contributed by atoms with Crippen molar-refractivity contribution in [1.29, 1.82) is 0 Å². The number of aliphatic hydroxyl groups is 1. The van der Waals surface area contributed by atoms with Gasteiger partial charge in [0.05, 0.1) is 5.56 Å². The molecule has 4 heteroatoms. The van der Waals surface area contributed by atoms with Crippen LogP contribution in [0.4, 0.5) is 0 Å². The largest absolute Gasteiger partial charge is 0.507 e. The highest BCUT2D eigenvalue weighted by Gasteiger charge is 2.09. The van der Waals surface area contributed by atoms with E-state index in [1.807, 2.05) is 6.92 Å². The Labute approximate surface area is 88.6 Å². The lowest BCUT2D eigenvalue weighted by Crippen LogP contribution is -2.25. The minimum Gasteiger partial charge on any atom is -0.507 e. The van der Waals surface area contributed by atoms with E-state index < -0.39 is 0 Å². The van der Waals surface area contributed by atoms with Gasteiger partial charge in [-0.15, -0.1) is 0 Å². The van der Waals surface area contributed by atoms with Crippen LogP contribution in [0.2, 0.25) is 0 Å². The van der Waals surface area contributed by atoms with E-state index in [4.69, 9.17) is 5.11 Å². The van der Waals surface area contributed by atoms with E-state index in [0.717, 1.165) is 5.56 Å². The van der Waals surface area contributed by atoms with Gasteiger partial charge < -0.3 is 15.5 Å². The minimum atomic E-state index is -0.315. The number of aliphatic hydroxyl groups excluding tert-OH is 1. The monoisotopic (exact) mass is 209 g/mol. The number of hydrogen-bond donors (Lipinski definition) is 3. The molecule has 0 spiro atoms. The Kier molecular flexibility index (Phi) is 4.12. The Hall–Kier alpha value is -1.55. The van der Waals surface area contributed by atoms with Crippen molar-refractivity contribution in [1.82, 2.24) is 5.32 Å². The van der Waals surface area contributed by atoms with Crippen LogP contribution < -0.4 is 5.32 Å². The second-order valence-electron chi connectivity index (χ2n) is 3.35. The molecule has 4 nitrogen and oxygen atoms in total. The molecule has 82 valence electrons. The molecule has 1 aromatic carbocycles. The third-order valence-corrected chi connectivity index (χ3v) is 2.02. The summed E-state index contributed by atoms with van der Waals surface area (Å²) < 4.78 is 0. The summed E-state index contributed by atoms with van der Waals surface area (Å²) >= 11 is 0. The molecule has 0 heterocycles. The van der Waals surface area contributed by atoms with Gasteiger partial charge in [0.1, 0.15) is 5.75 Å². The van der Waals surface area contributed by atoms with E-state index in [9.17, 15) is 9.90 Å². The van der Waals surface area contributed by atoms with Gasteiger partial charge in [-0.1, -0.05) is 11.6 Å². The van der Waals surface area contributed by atoms with Gasteiger partial charge in [0.15, 0.2) is 0 Å². The molecular weight excluding hydrogens is 194 g/mol. The molecule has 0 aliphatic heterocycles. The van der Waals surface area contributed by atoms with Crippen LogP contribution in [0.1, 0.15) is 22.3 Å². The Morgan fingerprint density at radius 1 is 1.47 bits per heavy atom. The number of nitrogens with one attached hydrogen (secondary N) is 1. The standard InChI is InChI=1S/C11H15NO3/c1-8-3-4-10(14)9(7-8)11(15)12-5-2-6-13/h3-4,7,13-14H,2,5-6H2,1H3,(H,12,15). The van der Waals surface area contributed by atoms with Crippen LogP contribution >= 0.6 is 0 Å². The molecule has 0 saturated carbocycles. The van der Waals surface area contributed by atoms with Crippen LogP contribution in [0.15, 0.2) is 18.2 Å². The van der Waals surface area contributed by atoms with Crippen molar-refractivity contribution in [3.05, 3.63) is 29.3 Å². The number of amides is 1. The number of rotatable bonds is 4. The Bertz CT molecular complexity index is 350. The zero-order valence-corrected chi connectivity index (χ0v) is 8.66. The molecule has 0 atom stereocenters. The first kappa shape index (κ1) is 11.5. The maximum absolute atomic E-state index is 11.5. The second kappa shape index (κ2) is 5.36. The molecule has 0 fully saturated rings. The van der Waals surface area contributed by atoms with Crippen molar-refractivity contribution >= 4 is 5.91 Å². The Morgan fingerprint density at radius 3 is 2.87 bits per heavy atom. The zero-order valence-electron chi connectivity index (χ0n) is 8.66. The normalized spacial score (nSPS) is 10.0. The molecule has 1 aromatic rings. The van der Waals surface area contributed by atoms with Gasteiger partial charge in [-0.25, -0.2) is 0 Å². The molecule has 15 heavy (non-hydrogen) atoms. The predicted molar refractivity (Wildman–Crippen MR) is 56.9 cm³/mol. The van der Waals surface area contributed by atoms with Gasteiger partial charge in [-0.05, 0) is 25.5 Å². The third-order valence-electron chi connectivity index (χ3n) is 2.02. The van der Waals surface area contributed by atoms with Crippen LogP contribution in [0.3, 0.4) is 0 Å². The number of aryl methyl sites for hydroxylation is 1. The Morgan fingerprint density at radius 2 is 2.20 bits per heavy atom. The van der Waals surface area contributed by atoms with E-state index in [0.29, 0.717) is 13.0 Å². The highest BCUT2D eigenvalue weighted by atomic mass is 16.3. The van der Waals surface area contributed by atoms with Crippen molar-refractivity contribution in [2.75, 3.05) is 13.2 Å². The second-order valence-corrected chi connectivity index (χ2v) is 3.35. The first-order chi connectivity index (χ1) is 7.15. The van der Waals surface area contributed by atoms with Crippen molar-refractivity contribution in [3.63, 3.8) is 0 Å². The fraction of sp³-hybridized carbons (Fsp3) is 0.364. The van der Waals surface area contributed by atoms with E-state index in [1.165, 1.54) is 6.07 Å². The fourth-order valence-corrected chi connectivity index (χ4v) is 1.21. The Balaban J connectivity index is 2.68. The first-order valence-corrected chi connectivity index (χ1v) is 4.84. The maximum atomic E-state index is 11.5. The average Bonchev–Trinajstić information content (AvgIpc) is 2.22. The van der Waals surface area contributed by atoms with Crippen molar-refractivity contribution < 1.29 is 15.0 Å². The quantitative estimate of drug-likeness (QED) is 0.643. The molecule has 1 rings (SSSR count). The summed E-state index contributed by atoms with van der Waals surface area (Å²) in [6.45, 7) is 2.30. The van der Waals surface area contributed by atoms with Crippen LogP contribution in [-0.2, 0) is 0 Å². The molecule has 0 aromatic heterocycles. The molecule has 1 amide bonds. The van der Waals surface area contributed by atoms with E-state index >= 15 is 0 Å². The summed E-state index contributed by atoms with van der Waals surface area (Å²) in [5.74, 6) is -0.341. The van der Waals surface area contributed by atoms with E-state index in [1.54, 1.807) is 12.1 Å². The van der Waals surface area contributed by atoms with Crippen molar-refractivity contribution in [3.8, 4) is 5.75 Å². The van der Waals surface area contributed by atoms with Crippen LogP contribution in [0.5, 0.6) is 5.75 Å². The molecule has 0 saturated heterocycles. The van der Waals surface area contributed by atoms with Crippen molar-refractivity contribution in [2.45, 2.75) is 13.3 Å². The van der Waals surface area contributed by atoms with E-state index in [2.05, 4.69) is 5.32 Å². The van der Waals surface area contributed by atoms with Crippen LogP contribution in [0, 0.1) is 6.92 Å². The maximum Gasteiger partial charge on any atom is 0.255 e. The number of aromatic hydroxyl groups is 1. The SMILES string of the molecule is Cc1ccc(O)c(C(=O)NCCCO)c1. The number of hydrogen-bond acceptors (Lipinski definition) is 3. The molecule has 0 unspecified atom stereocenters. The lowest BCUT2D eigenvalue weighted by molar-refractivity contribution is 0.0948. The summed E-state index contributed by atoms with van der Waals surface area (Å²) in [5, 5.41) is 20.6. The summed E-state index contributed by atoms with van der Waals surface area (Å²) in [6.07, 6.45) is 0.512. The van der Waals surface area contributed by atoms with Gasteiger partial charge in [0, 0.05) is 13.2 Å². The number of carbonyl (C=O) groups is 1. The van der Waals surface area contributed by atoms with Gasteiger partial charge in [-0.2, -0.15) is 0 Å². The zero-order chi connectivity index (χ0) is 11.3. The molecule has 0 aliphatic carbocycles. The average molecular weight is 209 g/mol.